The zero-order valence-corrected chi connectivity index (χ0v) is 11.9. The Hall–Kier alpha value is -2.08. The van der Waals surface area contributed by atoms with Crippen molar-refractivity contribution in [1.29, 1.82) is 10.5 Å². The summed E-state index contributed by atoms with van der Waals surface area (Å²) in [7, 11) is 0. The molecule has 1 unspecified atom stereocenters. The molecular weight excluding hydrogens is 266 g/mol. The van der Waals surface area contributed by atoms with E-state index in [0.29, 0.717) is 36.9 Å². The van der Waals surface area contributed by atoms with Crippen molar-refractivity contribution >= 4 is 0 Å². The SMILES string of the molecule is N#CCCN(CC(O)COc1cccc(C#N)c1)C1CC1. The van der Waals surface area contributed by atoms with Gasteiger partial charge >= 0.3 is 0 Å². The highest BCUT2D eigenvalue weighted by Gasteiger charge is 2.29. The van der Waals surface area contributed by atoms with Crippen LogP contribution in [0.3, 0.4) is 0 Å². The van der Waals surface area contributed by atoms with E-state index in [1.165, 1.54) is 0 Å². The molecule has 0 saturated heterocycles. The molecule has 110 valence electrons. The molecule has 1 N–H and O–H groups in total. The van der Waals surface area contributed by atoms with Crippen LogP contribution in [-0.4, -0.2) is 41.8 Å². The van der Waals surface area contributed by atoms with E-state index in [-0.39, 0.29) is 6.61 Å². The normalized spacial score (nSPS) is 15.2. The van der Waals surface area contributed by atoms with E-state index in [0.717, 1.165) is 12.8 Å². The standard InChI is InChI=1S/C16H19N3O2/c17-7-2-8-19(14-5-6-14)11-15(20)12-21-16-4-1-3-13(9-16)10-18/h1,3-4,9,14-15,20H,2,5-6,8,11-12H2. The Morgan fingerprint density at radius 2 is 2.19 bits per heavy atom. The van der Waals surface area contributed by atoms with Crippen LogP contribution >= 0.6 is 0 Å². The Morgan fingerprint density at radius 3 is 2.86 bits per heavy atom. The molecule has 1 aromatic rings. The number of hydrogen-bond acceptors (Lipinski definition) is 5. The molecule has 5 nitrogen and oxygen atoms in total. The summed E-state index contributed by atoms with van der Waals surface area (Å²) >= 11 is 0. The summed E-state index contributed by atoms with van der Waals surface area (Å²) in [6.45, 7) is 1.40. The van der Waals surface area contributed by atoms with Crippen LogP contribution in [0.5, 0.6) is 5.75 Å². The third-order valence-corrected chi connectivity index (χ3v) is 3.42. The maximum Gasteiger partial charge on any atom is 0.120 e. The number of benzene rings is 1. The molecule has 1 saturated carbocycles. The highest BCUT2D eigenvalue weighted by Crippen LogP contribution is 2.27. The first kappa shape index (κ1) is 15.3. The number of hydrogen-bond donors (Lipinski definition) is 1. The average molecular weight is 285 g/mol. The first-order valence-electron chi connectivity index (χ1n) is 7.15. The maximum absolute atomic E-state index is 10.1. The lowest BCUT2D eigenvalue weighted by atomic mass is 10.2. The Balaban J connectivity index is 1.79. The summed E-state index contributed by atoms with van der Waals surface area (Å²) in [4.78, 5) is 2.16. The van der Waals surface area contributed by atoms with Crippen molar-refractivity contribution in [2.75, 3.05) is 19.7 Å². The summed E-state index contributed by atoms with van der Waals surface area (Å²) in [5.41, 5.74) is 0.538. The van der Waals surface area contributed by atoms with Crippen LogP contribution in [0.15, 0.2) is 24.3 Å². The number of nitrogens with zero attached hydrogens (tertiary/aromatic N) is 3. The molecule has 5 heteroatoms. The predicted molar refractivity (Wildman–Crippen MR) is 77.5 cm³/mol. The fraction of sp³-hybridized carbons (Fsp3) is 0.500. The van der Waals surface area contributed by atoms with Gasteiger partial charge < -0.3 is 9.84 Å². The molecule has 21 heavy (non-hydrogen) atoms. The summed E-state index contributed by atoms with van der Waals surface area (Å²) in [5.74, 6) is 0.586. The third-order valence-electron chi connectivity index (χ3n) is 3.42. The topological polar surface area (TPSA) is 80.3 Å². The number of ether oxygens (including phenoxy) is 1. The van der Waals surface area contributed by atoms with E-state index in [2.05, 4.69) is 17.0 Å². The third kappa shape index (κ3) is 5.07. The average Bonchev–Trinajstić information content (AvgIpc) is 3.34. The first-order chi connectivity index (χ1) is 10.2. The second kappa shape index (κ2) is 7.64. The van der Waals surface area contributed by atoms with Gasteiger partial charge in [0.15, 0.2) is 0 Å². The van der Waals surface area contributed by atoms with Crippen LogP contribution < -0.4 is 4.74 Å². The van der Waals surface area contributed by atoms with Crippen molar-refractivity contribution in [2.45, 2.75) is 31.4 Å². The van der Waals surface area contributed by atoms with Crippen LogP contribution in [0.4, 0.5) is 0 Å². The van der Waals surface area contributed by atoms with Gasteiger partial charge in [-0.15, -0.1) is 0 Å². The fourth-order valence-electron chi connectivity index (χ4n) is 2.23. The summed E-state index contributed by atoms with van der Waals surface area (Å²) in [6, 6.07) is 11.6. The largest absolute Gasteiger partial charge is 0.491 e. The molecule has 0 bridgehead atoms. The van der Waals surface area contributed by atoms with Gasteiger partial charge in [-0.25, -0.2) is 0 Å². The highest BCUT2D eigenvalue weighted by molar-refractivity contribution is 5.36. The van der Waals surface area contributed by atoms with Gasteiger partial charge in [0.1, 0.15) is 18.5 Å². The molecule has 0 radical (unpaired) electrons. The lowest BCUT2D eigenvalue weighted by Gasteiger charge is -2.24. The first-order valence-corrected chi connectivity index (χ1v) is 7.15. The molecule has 0 heterocycles. The van der Waals surface area contributed by atoms with Gasteiger partial charge in [0.2, 0.25) is 0 Å². The highest BCUT2D eigenvalue weighted by atomic mass is 16.5. The van der Waals surface area contributed by atoms with E-state index in [1.54, 1.807) is 24.3 Å². The molecule has 1 aromatic carbocycles. The number of aliphatic hydroxyl groups excluding tert-OH is 1. The van der Waals surface area contributed by atoms with Gasteiger partial charge in [-0.3, -0.25) is 4.90 Å². The maximum atomic E-state index is 10.1. The zero-order valence-electron chi connectivity index (χ0n) is 11.9. The summed E-state index contributed by atoms with van der Waals surface area (Å²) < 4.78 is 5.52. The van der Waals surface area contributed by atoms with Gasteiger partial charge in [0.25, 0.3) is 0 Å². The van der Waals surface area contributed by atoms with Crippen molar-refractivity contribution in [1.82, 2.24) is 4.90 Å². The quantitative estimate of drug-likeness (QED) is 0.786. The Kier molecular flexibility index (Phi) is 5.57. The van der Waals surface area contributed by atoms with Crippen molar-refractivity contribution in [2.24, 2.45) is 0 Å². The van der Waals surface area contributed by atoms with Crippen LogP contribution in [0.25, 0.3) is 0 Å². The van der Waals surface area contributed by atoms with Crippen molar-refractivity contribution in [3.8, 4) is 17.9 Å². The van der Waals surface area contributed by atoms with Crippen molar-refractivity contribution < 1.29 is 9.84 Å². The van der Waals surface area contributed by atoms with Gasteiger partial charge in [-0.1, -0.05) is 6.07 Å². The monoisotopic (exact) mass is 285 g/mol. The molecule has 2 rings (SSSR count). The number of aliphatic hydroxyl groups is 1. The van der Waals surface area contributed by atoms with E-state index in [1.807, 2.05) is 0 Å². The lowest BCUT2D eigenvalue weighted by Crippen LogP contribution is -2.37. The second-order valence-electron chi connectivity index (χ2n) is 5.24. The lowest BCUT2D eigenvalue weighted by molar-refractivity contribution is 0.0661. The molecule has 1 aliphatic rings. The molecule has 0 spiro atoms. The van der Waals surface area contributed by atoms with E-state index in [9.17, 15) is 5.11 Å². The van der Waals surface area contributed by atoms with E-state index < -0.39 is 6.10 Å². The molecule has 0 aromatic heterocycles. The minimum Gasteiger partial charge on any atom is -0.491 e. The smallest absolute Gasteiger partial charge is 0.120 e. The second-order valence-corrected chi connectivity index (χ2v) is 5.24. The molecular formula is C16H19N3O2. The molecule has 1 aliphatic carbocycles. The van der Waals surface area contributed by atoms with Crippen molar-refractivity contribution in [3.05, 3.63) is 29.8 Å². The van der Waals surface area contributed by atoms with Gasteiger partial charge in [0, 0.05) is 25.6 Å². The summed E-state index contributed by atoms with van der Waals surface area (Å²) in [6.07, 6.45) is 2.16. The number of nitriles is 2. The molecule has 1 atom stereocenters. The van der Waals surface area contributed by atoms with Crippen LogP contribution in [-0.2, 0) is 0 Å². The molecule has 0 aliphatic heterocycles. The van der Waals surface area contributed by atoms with Crippen LogP contribution in [0.1, 0.15) is 24.8 Å². The van der Waals surface area contributed by atoms with Gasteiger partial charge in [-0.2, -0.15) is 10.5 Å². The van der Waals surface area contributed by atoms with Gasteiger partial charge in [-0.05, 0) is 31.0 Å². The Labute approximate surface area is 125 Å². The molecule has 1 fully saturated rings. The predicted octanol–water partition coefficient (Wildman–Crippen LogP) is 1.68. The summed E-state index contributed by atoms with van der Waals surface area (Å²) in [5, 5.41) is 27.6. The minimum absolute atomic E-state index is 0.185. The Morgan fingerprint density at radius 1 is 1.38 bits per heavy atom. The fourth-order valence-corrected chi connectivity index (χ4v) is 2.23. The minimum atomic E-state index is -0.602. The zero-order chi connectivity index (χ0) is 15.1. The molecule has 0 amide bonds. The van der Waals surface area contributed by atoms with Crippen molar-refractivity contribution in [3.63, 3.8) is 0 Å². The van der Waals surface area contributed by atoms with Gasteiger partial charge in [0.05, 0.1) is 17.7 Å². The number of rotatable bonds is 8. The van der Waals surface area contributed by atoms with Crippen LogP contribution in [0.2, 0.25) is 0 Å². The van der Waals surface area contributed by atoms with E-state index in [4.69, 9.17) is 15.3 Å². The van der Waals surface area contributed by atoms with Crippen LogP contribution in [0, 0.1) is 22.7 Å². The Bertz CT molecular complexity index is 543. The van der Waals surface area contributed by atoms with E-state index >= 15 is 0 Å².